The maximum atomic E-state index is 12.2. The van der Waals surface area contributed by atoms with Crippen LogP contribution >= 0.6 is 0 Å². The summed E-state index contributed by atoms with van der Waals surface area (Å²) in [6.07, 6.45) is -0.641. The molecule has 1 aliphatic carbocycles. The van der Waals surface area contributed by atoms with E-state index < -0.39 is 18.6 Å². The number of carboxylic acids is 1. The van der Waals surface area contributed by atoms with Crippen LogP contribution in [0.25, 0.3) is 11.1 Å². The molecule has 0 spiro atoms. The number of ether oxygens (including phenoxy) is 2. The lowest BCUT2D eigenvalue weighted by Gasteiger charge is -2.20. The molecule has 164 valence electrons. The average Bonchev–Trinajstić information content (AvgIpc) is 3.08. The fourth-order valence-electron chi connectivity index (χ4n) is 3.74. The molecule has 3 rings (SSSR count). The minimum Gasteiger partial charge on any atom is -0.480 e. The van der Waals surface area contributed by atoms with Gasteiger partial charge in [0, 0.05) is 32.5 Å². The number of benzene rings is 2. The highest BCUT2D eigenvalue weighted by Gasteiger charge is 2.29. The number of hydrogen-bond donors (Lipinski definition) is 2. The highest BCUT2D eigenvalue weighted by atomic mass is 16.5. The zero-order valence-electron chi connectivity index (χ0n) is 17.4. The van der Waals surface area contributed by atoms with Crippen LogP contribution in [0.3, 0.4) is 0 Å². The van der Waals surface area contributed by atoms with E-state index in [1.165, 1.54) is 12.0 Å². The predicted octanol–water partition coefficient (Wildman–Crippen LogP) is 2.47. The zero-order chi connectivity index (χ0) is 22.2. The third-order valence-electron chi connectivity index (χ3n) is 5.20. The molecule has 0 radical (unpaired) electrons. The molecule has 0 aromatic heterocycles. The van der Waals surface area contributed by atoms with Crippen LogP contribution in [0.5, 0.6) is 0 Å². The molecule has 2 aromatic rings. The van der Waals surface area contributed by atoms with Gasteiger partial charge < -0.3 is 24.8 Å². The second-order valence-electron chi connectivity index (χ2n) is 7.20. The molecule has 0 heterocycles. The normalized spacial score (nSPS) is 12.0. The van der Waals surface area contributed by atoms with Crippen molar-refractivity contribution in [3.63, 3.8) is 0 Å². The van der Waals surface area contributed by atoms with E-state index in [2.05, 4.69) is 17.4 Å². The Kier molecular flexibility index (Phi) is 7.61. The van der Waals surface area contributed by atoms with E-state index in [4.69, 9.17) is 14.6 Å². The number of fused-ring (bicyclic) bond motifs is 3. The maximum absolute atomic E-state index is 12.2. The fraction of sp³-hybridized carbons (Fsp3) is 0.348. The summed E-state index contributed by atoms with van der Waals surface area (Å²) in [6, 6.07) is 16.1. The summed E-state index contributed by atoms with van der Waals surface area (Å²) in [5.74, 6) is -1.52. The molecule has 0 aliphatic heterocycles. The van der Waals surface area contributed by atoms with Crippen molar-refractivity contribution in [3.05, 3.63) is 59.7 Å². The summed E-state index contributed by atoms with van der Waals surface area (Å²) in [7, 11) is 1.47. The van der Waals surface area contributed by atoms with Gasteiger partial charge in [-0.2, -0.15) is 0 Å². The van der Waals surface area contributed by atoms with Gasteiger partial charge in [-0.15, -0.1) is 0 Å². The van der Waals surface area contributed by atoms with E-state index in [0.29, 0.717) is 0 Å². The van der Waals surface area contributed by atoms with Crippen LogP contribution in [0.15, 0.2) is 48.5 Å². The molecule has 0 fully saturated rings. The van der Waals surface area contributed by atoms with Crippen molar-refractivity contribution in [1.82, 2.24) is 10.2 Å². The molecule has 0 unspecified atom stereocenters. The molecule has 0 atom stereocenters. The van der Waals surface area contributed by atoms with Gasteiger partial charge in [-0.3, -0.25) is 9.59 Å². The van der Waals surface area contributed by atoms with Crippen molar-refractivity contribution in [2.45, 2.75) is 12.3 Å². The molecule has 0 saturated carbocycles. The second kappa shape index (κ2) is 10.6. The molecule has 8 heteroatoms. The number of hydrogen-bond acceptors (Lipinski definition) is 5. The van der Waals surface area contributed by atoms with Crippen molar-refractivity contribution in [2.24, 2.45) is 0 Å². The van der Waals surface area contributed by atoms with Crippen molar-refractivity contribution in [2.75, 3.05) is 40.0 Å². The Morgan fingerprint density at radius 2 is 1.65 bits per heavy atom. The molecule has 2 N–H and O–H groups in total. The number of methoxy groups -OCH3 is 1. The zero-order valence-corrected chi connectivity index (χ0v) is 17.4. The monoisotopic (exact) mass is 426 g/mol. The summed E-state index contributed by atoms with van der Waals surface area (Å²) in [5.41, 5.74) is 4.53. The van der Waals surface area contributed by atoms with Gasteiger partial charge in [-0.1, -0.05) is 48.5 Å². The Morgan fingerprint density at radius 1 is 1.03 bits per heavy atom. The smallest absolute Gasteiger partial charge is 0.407 e. The number of rotatable bonds is 10. The van der Waals surface area contributed by atoms with Gasteiger partial charge >= 0.3 is 12.1 Å². The molecule has 8 nitrogen and oxygen atoms in total. The van der Waals surface area contributed by atoms with Crippen LogP contribution < -0.4 is 5.32 Å². The molecule has 0 saturated heterocycles. The quantitative estimate of drug-likeness (QED) is 0.605. The molecule has 2 aromatic carbocycles. The summed E-state index contributed by atoms with van der Waals surface area (Å²) in [6.45, 7) is 0.240. The first-order chi connectivity index (χ1) is 15.0. The Labute approximate surface area is 180 Å². The van der Waals surface area contributed by atoms with E-state index in [1.807, 2.05) is 36.4 Å². The van der Waals surface area contributed by atoms with Crippen molar-refractivity contribution in [3.8, 4) is 11.1 Å². The summed E-state index contributed by atoms with van der Waals surface area (Å²) < 4.78 is 10.3. The van der Waals surface area contributed by atoms with E-state index in [-0.39, 0.29) is 44.5 Å². The fourth-order valence-corrected chi connectivity index (χ4v) is 3.74. The number of nitrogens with one attached hydrogen (secondary N) is 1. The maximum Gasteiger partial charge on any atom is 0.407 e. The Balaban J connectivity index is 1.50. The van der Waals surface area contributed by atoms with Crippen LogP contribution in [0.4, 0.5) is 4.79 Å². The molecule has 0 bridgehead atoms. The van der Waals surface area contributed by atoms with Gasteiger partial charge in [0.05, 0.1) is 6.61 Å². The number of aliphatic carboxylic acids is 1. The van der Waals surface area contributed by atoms with Crippen LogP contribution in [-0.2, 0) is 19.1 Å². The molecular weight excluding hydrogens is 400 g/mol. The first-order valence-electron chi connectivity index (χ1n) is 10.1. The SMILES string of the molecule is COCCN(CC(=O)O)C(=O)CCNC(=O)OCC1c2ccccc2-c2ccccc21. The predicted molar refractivity (Wildman–Crippen MR) is 114 cm³/mol. The number of nitrogens with zero attached hydrogens (tertiary/aromatic N) is 1. The molecule has 31 heavy (non-hydrogen) atoms. The number of amides is 2. The molecule has 1 aliphatic rings. The highest BCUT2D eigenvalue weighted by Crippen LogP contribution is 2.44. The Morgan fingerprint density at radius 3 is 2.23 bits per heavy atom. The largest absolute Gasteiger partial charge is 0.480 e. The van der Waals surface area contributed by atoms with Gasteiger partial charge in [0.2, 0.25) is 5.91 Å². The Hall–Kier alpha value is -3.39. The lowest BCUT2D eigenvalue weighted by atomic mass is 9.98. The number of carboxylic acid groups (broad SMARTS) is 1. The highest BCUT2D eigenvalue weighted by molar-refractivity contribution is 5.82. The van der Waals surface area contributed by atoms with E-state index in [0.717, 1.165) is 22.3 Å². The van der Waals surface area contributed by atoms with E-state index >= 15 is 0 Å². The van der Waals surface area contributed by atoms with Crippen molar-refractivity contribution in [1.29, 1.82) is 0 Å². The Bertz CT molecular complexity index is 900. The van der Waals surface area contributed by atoms with Gasteiger partial charge in [0.25, 0.3) is 0 Å². The lowest BCUT2D eigenvalue weighted by molar-refractivity contribution is -0.144. The summed E-state index contributed by atoms with van der Waals surface area (Å²) in [4.78, 5) is 36.5. The van der Waals surface area contributed by atoms with Gasteiger partial charge in [-0.05, 0) is 22.3 Å². The van der Waals surface area contributed by atoms with E-state index in [9.17, 15) is 14.4 Å². The van der Waals surface area contributed by atoms with Crippen LogP contribution in [-0.4, -0.2) is 67.9 Å². The number of carbonyl (C=O) groups excluding carboxylic acids is 2. The average molecular weight is 426 g/mol. The first-order valence-corrected chi connectivity index (χ1v) is 10.1. The molecule has 2 amide bonds. The third-order valence-corrected chi connectivity index (χ3v) is 5.20. The van der Waals surface area contributed by atoms with Gasteiger partial charge in [0.15, 0.2) is 0 Å². The molecular formula is C23H26N2O6. The van der Waals surface area contributed by atoms with Crippen LogP contribution in [0, 0.1) is 0 Å². The number of alkyl carbamates (subject to hydrolysis) is 1. The lowest BCUT2D eigenvalue weighted by Crippen LogP contribution is -2.39. The topological polar surface area (TPSA) is 105 Å². The van der Waals surface area contributed by atoms with E-state index in [1.54, 1.807) is 0 Å². The van der Waals surface area contributed by atoms with Crippen molar-refractivity contribution >= 4 is 18.0 Å². The second-order valence-corrected chi connectivity index (χ2v) is 7.20. The summed E-state index contributed by atoms with van der Waals surface area (Å²) >= 11 is 0. The first kappa shape index (κ1) is 22.3. The van der Waals surface area contributed by atoms with Gasteiger partial charge in [0.1, 0.15) is 13.2 Å². The third kappa shape index (κ3) is 5.61. The van der Waals surface area contributed by atoms with Crippen LogP contribution in [0.2, 0.25) is 0 Å². The minimum absolute atomic E-state index is 0.0266. The van der Waals surface area contributed by atoms with Crippen LogP contribution in [0.1, 0.15) is 23.5 Å². The van der Waals surface area contributed by atoms with Gasteiger partial charge in [-0.25, -0.2) is 4.79 Å². The summed E-state index contributed by atoms with van der Waals surface area (Å²) in [5, 5.41) is 11.5. The standard InChI is InChI=1S/C23H26N2O6/c1-30-13-12-25(14-22(27)28)21(26)10-11-24-23(29)31-15-20-18-8-4-2-6-16(18)17-7-3-5-9-19(17)20/h2-9,20H,10-15H2,1H3,(H,24,29)(H,27,28). The number of carbonyl (C=O) groups is 3. The van der Waals surface area contributed by atoms with Crippen molar-refractivity contribution < 1.29 is 29.0 Å². The minimum atomic E-state index is -1.10.